The van der Waals surface area contributed by atoms with Crippen LogP contribution in [0.5, 0.6) is 0 Å². The van der Waals surface area contributed by atoms with Crippen LogP contribution in [0.1, 0.15) is 23.4 Å². The number of fused-ring (bicyclic) bond motifs is 1. The third kappa shape index (κ3) is 2.93. The molecule has 1 aromatic carbocycles. The fourth-order valence-corrected chi connectivity index (χ4v) is 2.68. The molecule has 1 aromatic heterocycles. The summed E-state index contributed by atoms with van der Waals surface area (Å²) in [5.74, 6) is 0.721. The monoisotopic (exact) mass is 258 g/mol. The maximum Gasteiger partial charge on any atom is 0.340 e. The van der Waals surface area contributed by atoms with Crippen molar-refractivity contribution in [2.24, 2.45) is 0 Å². The summed E-state index contributed by atoms with van der Waals surface area (Å²) in [4.78, 5) is 16.1. The van der Waals surface area contributed by atoms with Crippen molar-refractivity contribution >= 4 is 0 Å². The number of H-pyrrole nitrogens is 2. The lowest BCUT2D eigenvalue weighted by Gasteiger charge is -2.24. The maximum absolute atomic E-state index is 11.0. The van der Waals surface area contributed by atoms with Crippen LogP contribution in [0.3, 0.4) is 0 Å². The molecule has 0 saturated carbocycles. The molecule has 0 bridgehead atoms. The number of aryl methyl sites for hydroxylation is 1. The van der Waals surface area contributed by atoms with Gasteiger partial charge >= 0.3 is 5.69 Å². The molecule has 5 heteroatoms. The molecule has 0 radical (unpaired) electrons. The number of rotatable bonds is 2. The zero-order chi connectivity index (χ0) is 13.1. The summed E-state index contributed by atoms with van der Waals surface area (Å²) in [5, 5.41) is 6.39. The number of nitrogens with zero attached hydrogens (tertiary/aromatic N) is 2. The van der Waals surface area contributed by atoms with Crippen molar-refractivity contribution in [1.82, 2.24) is 20.1 Å². The molecule has 5 nitrogen and oxygen atoms in total. The van der Waals surface area contributed by atoms with Gasteiger partial charge in [-0.2, -0.15) is 5.10 Å². The molecular formula is C14H18N4O. The third-order valence-electron chi connectivity index (χ3n) is 3.66. The Morgan fingerprint density at radius 3 is 2.68 bits per heavy atom. The average molecular weight is 258 g/mol. The zero-order valence-electron chi connectivity index (χ0n) is 10.9. The van der Waals surface area contributed by atoms with Crippen LogP contribution in [0.15, 0.2) is 29.1 Å². The van der Waals surface area contributed by atoms with Crippen LogP contribution >= 0.6 is 0 Å². The highest BCUT2D eigenvalue weighted by atomic mass is 16.1. The highest BCUT2D eigenvalue weighted by molar-refractivity contribution is 5.28. The quantitative estimate of drug-likeness (QED) is 0.847. The zero-order valence-corrected chi connectivity index (χ0v) is 10.9. The Bertz CT molecular complexity index is 601. The minimum Gasteiger partial charge on any atom is -0.296 e. The van der Waals surface area contributed by atoms with E-state index < -0.39 is 0 Å². The van der Waals surface area contributed by atoms with Gasteiger partial charge in [0.1, 0.15) is 5.82 Å². The van der Waals surface area contributed by atoms with Crippen molar-refractivity contribution in [3.63, 3.8) is 0 Å². The number of hydrogen-bond donors (Lipinski definition) is 2. The van der Waals surface area contributed by atoms with Gasteiger partial charge in [-0.15, -0.1) is 0 Å². The van der Waals surface area contributed by atoms with Crippen molar-refractivity contribution < 1.29 is 0 Å². The normalized spacial score (nSPS) is 16.6. The minimum atomic E-state index is -0.229. The van der Waals surface area contributed by atoms with Crippen molar-refractivity contribution in [2.45, 2.75) is 25.8 Å². The summed E-state index contributed by atoms with van der Waals surface area (Å²) < 4.78 is 0. The number of hydrogen-bond acceptors (Lipinski definition) is 3. The molecule has 3 rings (SSSR count). The van der Waals surface area contributed by atoms with Gasteiger partial charge in [-0.3, -0.25) is 9.88 Å². The smallest absolute Gasteiger partial charge is 0.296 e. The van der Waals surface area contributed by atoms with E-state index >= 15 is 0 Å². The van der Waals surface area contributed by atoms with E-state index in [1.165, 1.54) is 11.1 Å². The first-order chi connectivity index (χ1) is 9.31. The van der Waals surface area contributed by atoms with Crippen LogP contribution in [0.2, 0.25) is 0 Å². The van der Waals surface area contributed by atoms with Crippen molar-refractivity contribution in [3.8, 4) is 0 Å². The van der Waals surface area contributed by atoms with Gasteiger partial charge in [-0.05, 0) is 36.9 Å². The van der Waals surface area contributed by atoms with Crippen molar-refractivity contribution in [3.05, 3.63) is 51.7 Å². The highest BCUT2D eigenvalue weighted by Crippen LogP contribution is 2.16. The SMILES string of the molecule is O=c1[nH]nc(CN2CCCc3ccccc3CC2)[nH]1. The Morgan fingerprint density at radius 2 is 1.95 bits per heavy atom. The second kappa shape index (κ2) is 5.40. The second-order valence-corrected chi connectivity index (χ2v) is 5.02. The van der Waals surface area contributed by atoms with Gasteiger partial charge in [-0.25, -0.2) is 9.89 Å². The molecule has 19 heavy (non-hydrogen) atoms. The van der Waals surface area contributed by atoms with Gasteiger partial charge in [0, 0.05) is 6.54 Å². The van der Waals surface area contributed by atoms with E-state index in [2.05, 4.69) is 44.3 Å². The number of aromatic amines is 2. The van der Waals surface area contributed by atoms with Crippen LogP contribution < -0.4 is 5.69 Å². The summed E-state index contributed by atoms with van der Waals surface area (Å²) in [6.07, 6.45) is 3.33. The average Bonchev–Trinajstić information content (AvgIpc) is 2.79. The van der Waals surface area contributed by atoms with Crippen LogP contribution in [0.4, 0.5) is 0 Å². The first-order valence-electron chi connectivity index (χ1n) is 6.74. The summed E-state index contributed by atoms with van der Waals surface area (Å²) in [5.41, 5.74) is 2.70. The standard InChI is InChI=1S/C14H18N4O/c19-14-15-13(16-17-14)10-18-8-3-6-11-4-1-2-5-12(11)7-9-18/h1-2,4-5H,3,6-10H2,(H2,15,16,17,19). The molecule has 100 valence electrons. The molecule has 0 amide bonds. The molecule has 1 aliphatic rings. The Hall–Kier alpha value is -1.88. The number of nitrogens with one attached hydrogen (secondary N) is 2. The molecule has 1 aliphatic heterocycles. The lowest BCUT2D eigenvalue weighted by Crippen LogP contribution is -2.29. The Balaban J connectivity index is 1.68. The topological polar surface area (TPSA) is 64.8 Å². The lowest BCUT2D eigenvalue weighted by atomic mass is 9.98. The molecule has 0 saturated heterocycles. The second-order valence-electron chi connectivity index (χ2n) is 5.02. The van der Waals surface area contributed by atoms with E-state index in [0.717, 1.165) is 38.2 Å². The fraction of sp³-hybridized carbons (Fsp3) is 0.429. The molecule has 0 spiro atoms. The third-order valence-corrected chi connectivity index (χ3v) is 3.66. The molecule has 0 unspecified atom stereocenters. The fourth-order valence-electron chi connectivity index (χ4n) is 2.68. The van der Waals surface area contributed by atoms with Crippen molar-refractivity contribution in [2.75, 3.05) is 13.1 Å². The number of benzene rings is 1. The lowest BCUT2D eigenvalue weighted by molar-refractivity contribution is 0.255. The largest absolute Gasteiger partial charge is 0.340 e. The van der Waals surface area contributed by atoms with E-state index in [1.807, 2.05) is 0 Å². The van der Waals surface area contributed by atoms with Gasteiger partial charge in [0.15, 0.2) is 0 Å². The van der Waals surface area contributed by atoms with Gasteiger partial charge in [0.05, 0.1) is 6.54 Å². The van der Waals surface area contributed by atoms with E-state index in [0.29, 0.717) is 6.54 Å². The first kappa shape index (κ1) is 12.2. The minimum absolute atomic E-state index is 0.229. The molecule has 0 fully saturated rings. The van der Waals surface area contributed by atoms with Gasteiger partial charge in [-0.1, -0.05) is 24.3 Å². The van der Waals surface area contributed by atoms with Crippen molar-refractivity contribution in [1.29, 1.82) is 0 Å². The summed E-state index contributed by atoms with van der Waals surface area (Å²) >= 11 is 0. The Morgan fingerprint density at radius 1 is 1.16 bits per heavy atom. The van der Waals surface area contributed by atoms with Crippen LogP contribution in [-0.4, -0.2) is 33.2 Å². The van der Waals surface area contributed by atoms with Crippen LogP contribution in [0, 0.1) is 0 Å². The molecule has 2 heterocycles. The van der Waals surface area contributed by atoms with E-state index in [1.54, 1.807) is 0 Å². The molecule has 2 aromatic rings. The van der Waals surface area contributed by atoms with E-state index in [9.17, 15) is 4.79 Å². The van der Waals surface area contributed by atoms with Gasteiger partial charge < -0.3 is 0 Å². The Labute approximate surface area is 111 Å². The van der Waals surface area contributed by atoms with Gasteiger partial charge in [0.25, 0.3) is 0 Å². The molecular weight excluding hydrogens is 240 g/mol. The summed E-state index contributed by atoms with van der Waals surface area (Å²) in [6.45, 7) is 2.76. The molecule has 2 N–H and O–H groups in total. The van der Waals surface area contributed by atoms with Gasteiger partial charge in [0.2, 0.25) is 0 Å². The predicted octanol–water partition coefficient (Wildman–Crippen LogP) is 1.09. The molecule has 0 atom stereocenters. The summed E-state index contributed by atoms with van der Waals surface area (Å²) in [6, 6.07) is 8.67. The van der Waals surface area contributed by atoms with Crippen LogP contribution in [0.25, 0.3) is 0 Å². The van der Waals surface area contributed by atoms with Crippen LogP contribution in [-0.2, 0) is 19.4 Å². The Kier molecular flexibility index (Phi) is 3.46. The first-order valence-corrected chi connectivity index (χ1v) is 6.74. The van der Waals surface area contributed by atoms with E-state index in [4.69, 9.17) is 0 Å². The summed E-state index contributed by atoms with van der Waals surface area (Å²) in [7, 11) is 0. The predicted molar refractivity (Wildman–Crippen MR) is 73.0 cm³/mol. The highest BCUT2D eigenvalue weighted by Gasteiger charge is 2.13. The molecule has 0 aliphatic carbocycles. The number of aromatic nitrogens is 3. The maximum atomic E-state index is 11.0. The van der Waals surface area contributed by atoms with E-state index in [-0.39, 0.29) is 5.69 Å².